The van der Waals surface area contributed by atoms with Gasteiger partial charge >= 0.3 is 0 Å². The predicted octanol–water partition coefficient (Wildman–Crippen LogP) is 5.39. The first-order valence-electron chi connectivity index (χ1n) is 11.9. The zero-order valence-electron chi connectivity index (χ0n) is 21.2. The minimum absolute atomic E-state index is 0.0603. The molecule has 2 aromatic heterocycles. The number of anilines is 2. The highest BCUT2D eigenvalue weighted by Gasteiger charge is 2.21. The van der Waals surface area contributed by atoms with E-state index < -0.39 is 11.7 Å². The molecule has 0 bridgehead atoms. The van der Waals surface area contributed by atoms with Crippen molar-refractivity contribution >= 4 is 23.3 Å². The smallest absolute Gasteiger partial charge is 0.295 e. The molecule has 2 amide bonds. The lowest BCUT2D eigenvalue weighted by atomic mass is 9.97. The highest BCUT2D eigenvalue weighted by Crippen LogP contribution is 2.37. The van der Waals surface area contributed by atoms with E-state index in [9.17, 15) is 19.2 Å². The maximum atomic E-state index is 14.1. The number of nitriles is 1. The van der Waals surface area contributed by atoms with Crippen molar-refractivity contribution in [1.29, 1.82) is 5.26 Å². The van der Waals surface area contributed by atoms with E-state index in [1.165, 1.54) is 37.6 Å². The summed E-state index contributed by atoms with van der Waals surface area (Å²) in [6.07, 6.45) is 2.36. The first kappa shape index (κ1) is 27.0. The van der Waals surface area contributed by atoms with E-state index in [0.29, 0.717) is 35.2 Å². The van der Waals surface area contributed by atoms with Crippen LogP contribution in [0, 0.1) is 17.1 Å². The third kappa shape index (κ3) is 6.44. The highest BCUT2D eigenvalue weighted by molar-refractivity contribution is 6.03. The third-order valence-electron chi connectivity index (χ3n) is 5.51. The van der Waals surface area contributed by atoms with E-state index in [2.05, 4.69) is 26.8 Å². The van der Waals surface area contributed by atoms with Crippen LogP contribution in [0.5, 0.6) is 5.75 Å². The molecule has 0 aliphatic carbocycles. The number of methoxy groups -OCH3 is 1. The second-order valence-electron chi connectivity index (χ2n) is 8.29. The Kier molecular flexibility index (Phi) is 8.60. The Hall–Kier alpha value is -5.08. The predicted molar refractivity (Wildman–Crippen MR) is 140 cm³/mol. The number of amides is 2. The maximum absolute atomic E-state index is 14.1. The lowest BCUT2D eigenvalue weighted by Gasteiger charge is -2.16. The molecule has 0 fully saturated rings. The summed E-state index contributed by atoms with van der Waals surface area (Å²) in [6.45, 7) is 1.76. The minimum atomic E-state index is -0.671. The lowest BCUT2D eigenvalue weighted by Crippen LogP contribution is -2.14. The fraction of sp³-hybridized carbons (Fsp3) is 0.179. The number of pyridine rings is 1. The molecule has 198 valence electrons. The van der Waals surface area contributed by atoms with E-state index in [0.717, 1.165) is 0 Å². The van der Waals surface area contributed by atoms with Gasteiger partial charge in [0.25, 0.3) is 5.91 Å². The number of carbonyl (C=O) groups is 2. The Bertz CT molecular complexity index is 1530. The fourth-order valence-electron chi connectivity index (χ4n) is 3.78. The third-order valence-corrected chi connectivity index (χ3v) is 5.51. The topological polar surface area (TPSA) is 139 Å². The SMILES string of the molecule is CCCC(=O)Nc1cccc(-c2cc(-c3ccc(F)cc3OCOC)nc(NC(=O)c3ccno3)c2C#N)c1. The number of rotatable bonds is 10. The molecule has 0 aliphatic rings. The van der Waals surface area contributed by atoms with Crippen molar-refractivity contribution in [3.63, 3.8) is 0 Å². The quantitative estimate of drug-likeness (QED) is 0.261. The summed E-state index contributed by atoms with van der Waals surface area (Å²) in [7, 11) is 1.43. The maximum Gasteiger partial charge on any atom is 0.295 e. The van der Waals surface area contributed by atoms with Gasteiger partial charge in [0, 0.05) is 42.5 Å². The Morgan fingerprint density at radius 1 is 1.10 bits per heavy atom. The van der Waals surface area contributed by atoms with Crippen molar-refractivity contribution in [2.45, 2.75) is 19.8 Å². The number of hydrogen-bond donors (Lipinski definition) is 2. The lowest BCUT2D eigenvalue weighted by molar-refractivity contribution is -0.116. The van der Waals surface area contributed by atoms with E-state index in [-0.39, 0.29) is 41.3 Å². The summed E-state index contributed by atoms with van der Waals surface area (Å²) in [5.74, 6) is -1.35. The van der Waals surface area contributed by atoms with Crippen LogP contribution in [0.1, 0.15) is 35.9 Å². The van der Waals surface area contributed by atoms with Gasteiger partial charge in [0.15, 0.2) is 12.6 Å². The molecule has 39 heavy (non-hydrogen) atoms. The summed E-state index contributed by atoms with van der Waals surface area (Å²) < 4.78 is 29.5. The number of benzene rings is 2. The molecule has 0 saturated carbocycles. The second-order valence-corrected chi connectivity index (χ2v) is 8.29. The van der Waals surface area contributed by atoms with Crippen LogP contribution < -0.4 is 15.4 Å². The van der Waals surface area contributed by atoms with Crippen molar-refractivity contribution in [1.82, 2.24) is 10.1 Å². The van der Waals surface area contributed by atoms with Crippen molar-refractivity contribution in [3.05, 3.63) is 77.9 Å². The number of hydrogen-bond acceptors (Lipinski definition) is 8. The molecule has 11 heteroatoms. The van der Waals surface area contributed by atoms with Crippen LogP contribution in [0.25, 0.3) is 22.4 Å². The van der Waals surface area contributed by atoms with E-state index in [1.54, 1.807) is 30.3 Å². The van der Waals surface area contributed by atoms with Crippen LogP contribution in [-0.4, -0.2) is 35.9 Å². The zero-order valence-corrected chi connectivity index (χ0v) is 21.2. The molecule has 0 spiro atoms. The Morgan fingerprint density at radius 3 is 2.67 bits per heavy atom. The standard InChI is InChI=1S/C28H24FN5O5/c1-3-5-26(35)32-19-7-4-6-17(12-19)21-14-23(20-9-8-18(29)13-25(20)38-16-37-2)33-27(22(21)15-30)34-28(36)24-10-11-31-39-24/h4,6-14H,3,5,16H2,1-2H3,(H,32,35)(H,33,34,36). The van der Waals surface area contributed by atoms with Gasteiger partial charge in [-0.2, -0.15) is 5.26 Å². The van der Waals surface area contributed by atoms with E-state index in [4.69, 9.17) is 14.0 Å². The van der Waals surface area contributed by atoms with Gasteiger partial charge in [-0.05, 0) is 42.3 Å². The Balaban J connectivity index is 1.88. The molecule has 4 aromatic rings. The number of carbonyl (C=O) groups excluding carboxylic acids is 2. The molecule has 0 saturated heterocycles. The molecule has 0 unspecified atom stereocenters. The van der Waals surface area contributed by atoms with Gasteiger partial charge in [-0.15, -0.1) is 0 Å². The van der Waals surface area contributed by atoms with Gasteiger partial charge in [0.1, 0.15) is 23.2 Å². The van der Waals surface area contributed by atoms with Crippen LogP contribution in [-0.2, 0) is 9.53 Å². The van der Waals surface area contributed by atoms with Crippen molar-refractivity contribution in [3.8, 4) is 34.2 Å². The molecular weight excluding hydrogens is 505 g/mol. The molecule has 0 radical (unpaired) electrons. The van der Waals surface area contributed by atoms with Crippen LogP contribution in [0.15, 0.2) is 65.3 Å². The first-order valence-corrected chi connectivity index (χ1v) is 11.9. The molecule has 2 aromatic carbocycles. The molecule has 2 N–H and O–H groups in total. The summed E-state index contributed by atoms with van der Waals surface area (Å²) in [4.78, 5) is 29.5. The molecule has 10 nitrogen and oxygen atoms in total. The van der Waals surface area contributed by atoms with Crippen molar-refractivity contribution < 1.29 is 28.0 Å². The Labute approximate surface area is 223 Å². The Morgan fingerprint density at radius 2 is 1.95 bits per heavy atom. The average molecular weight is 530 g/mol. The highest BCUT2D eigenvalue weighted by atomic mass is 19.1. The monoisotopic (exact) mass is 529 g/mol. The molecule has 4 rings (SSSR count). The van der Waals surface area contributed by atoms with Gasteiger partial charge in [-0.3, -0.25) is 9.59 Å². The number of ether oxygens (including phenoxy) is 2. The van der Waals surface area contributed by atoms with Crippen LogP contribution in [0.2, 0.25) is 0 Å². The first-order chi connectivity index (χ1) is 18.9. The van der Waals surface area contributed by atoms with Gasteiger partial charge in [0.05, 0.1) is 11.9 Å². The summed E-state index contributed by atoms with van der Waals surface area (Å²) in [5, 5.41) is 19.1. The van der Waals surface area contributed by atoms with Crippen LogP contribution in [0.4, 0.5) is 15.9 Å². The molecule has 2 heterocycles. The zero-order chi connectivity index (χ0) is 27.8. The van der Waals surface area contributed by atoms with Gasteiger partial charge in [-0.25, -0.2) is 9.37 Å². The van der Waals surface area contributed by atoms with Gasteiger partial charge < -0.3 is 24.6 Å². The minimum Gasteiger partial charge on any atom is -0.467 e. The largest absolute Gasteiger partial charge is 0.467 e. The number of nitrogens with zero attached hydrogens (tertiary/aromatic N) is 3. The summed E-state index contributed by atoms with van der Waals surface area (Å²) in [5.41, 5.74) is 2.24. The normalized spacial score (nSPS) is 10.5. The van der Waals surface area contributed by atoms with E-state index >= 15 is 0 Å². The van der Waals surface area contributed by atoms with Gasteiger partial charge in [-0.1, -0.05) is 24.2 Å². The van der Waals surface area contributed by atoms with Crippen LogP contribution in [0.3, 0.4) is 0 Å². The number of aromatic nitrogens is 2. The molecular formula is C28H24FN5O5. The number of nitrogens with one attached hydrogen (secondary N) is 2. The average Bonchev–Trinajstić information content (AvgIpc) is 3.47. The fourth-order valence-corrected chi connectivity index (χ4v) is 3.78. The van der Waals surface area contributed by atoms with Crippen molar-refractivity contribution in [2.24, 2.45) is 0 Å². The van der Waals surface area contributed by atoms with Crippen molar-refractivity contribution in [2.75, 3.05) is 24.5 Å². The molecule has 0 atom stereocenters. The molecule has 0 aliphatic heterocycles. The van der Waals surface area contributed by atoms with Gasteiger partial charge in [0.2, 0.25) is 11.7 Å². The number of halogens is 1. The van der Waals surface area contributed by atoms with Crippen LogP contribution >= 0.6 is 0 Å². The summed E-state index contributed by atoms with van der Waals surface area (Å²) >= 11 is 0. The summed E-state index contributed by atoms with van der Waals surface area (Å²) in [6, 6.07) is 15.9. The van der Waals surface area contributed by atoms with E-state index in [1.807, 2.05) is 6.92 Å². The second kappa shape index (κ2) is 12.4.